The van der Waals surface area contributed by atoms with Crippen LogP contribution in [0, 0.1) is 0 Å². The molecule has 2 aromatic rings. The molecule has 0 spiro atoms. The molecule has 0 unspecified atom stereocenters. The Morgan fingerprint density at radius 3 is 2.43 bits per heavy atom. The van der Waals surface area contributed by atoms with E-state index in [4.69, 9.17) is 9.84 Å². The number of hydrogen-bond acceptors (Lipinski definition) is 3. The highest BCUT2D eigenvalue weighted by atomic mass is 16.5. The molecule has 0 saturated carbocycles. The summed E-state index contributed by atoms with van der Waals surface area (Å²) in [6, 6.07) is 17.4. The Kier molecular flexibility index (Phi) is 6.24. The molecule has 2 aromatic carbocycles. The van der Waals surface area contributed by atoms with Gasteiger partial charge in [0.25, 0.3) is 0 Å². The first-order valence-corrected chi connectivity index (χ1v) is 7.64. The summed E-state index contributed by atoms with van der Waals surface area (Å²) in [7, 11) is 0. The van der Waals surface area contributed by atoms with Crippen LogP contribution in [0.3, 0.4) is 0 Å². The van der Waals surface area contributed by atoms with E-state index in [-0.39, 0.29) is 6.61 Å². The first-order valence-electron chi connectivity index (χ1n) is 7.64. The van der Waals surface area contributed by atoms with Gasteiger partial charge in [-0.1, -0.05) is 43.7 Å². The zero-order valence-electron chi connectivity index (χ0n) is 13.2. The Bertz CT molecular complexity index is 648. The number of allylic oxidation sites excluding steroid dienone is 1. The lowest BCUT2D eigenvalue weighted by atomic mass is 10.1. The van der Waals surface area contributed by atoms with Crippen LogP contribution >= 0.6 is 0 Å². The van der Waals surface area contributed by atoms with Crippen molar-refractivity contribution in [3.05, 3.63) is 65.9 Å². The molecule has 23 heavy (non-hydrogen) atoms. The van der Waals surface area contributed by atoms with Crippen molar-refractivity contribution in [2.75, 3.05) is 11.9 Å². The molecule has 0 saturated heterocycles. The van der Waals surface area contributed by atoms with Crippen molar-refractivity contribution in [1.29, 1.82) is 0 Å². The maximum atomic E-state index is 10.5. The van der Waals surface area contributed by atoms with Crippen LogP contribution < -0.4 is 10.1 Å². The molecule has 120 valence electrons. The number of benzene rings is 2. The lowest BCUT2D eigenvalue weighted by molar-refractivity contribution is -0.139. The maximum absolute atomic E-state index is 10.5. The molecule has 0 heterocycles. The summed E-state index contributed by atoms with van der Waals surface area (Å²) < 4.78 is 5.13. The number of aliphatic carboxylic acids is 1. The molecular weight excluding hydrogens is 290 g/mol. The quantitative estimate of drug-likeness (QED) is 0.758. The smallest absolute Gasteiger partial charge is 0.341 e. The van der Waals surface area contributed by atoms with Gasteiger partial charge in [-0.2, -0.15) is 0 Å². The van der Waals surface area contributed by atoms with E-state index in [2.05, 4.69) is 18.3 Å². The fourth-order valence-corrected chi connectivity index (χ4v) is 2.15. The molecule has 2 N–H and O–H groups in total. The minimum atomic E-state index is -0.980. The van der Waals surface area contributed by atoms with Crippen molar-refractivity contribution in [3.63, 3.8) is 0 Å². The van der Waals surface area contributed by atoms with Gasteiger partial charge in [-0.3, -0.25) is 0 Å². The van der Waals surface area contributed by atoms with Crippen LogP contribution in [0.1, 0.15) is 25.3 Å². The first kappa shape index (κ1) is 16.6. The van der Waals surface area contributed by atoms with Crippen LogP contribution in [-0.4, -0.2) is 17.7 Å². The molecular formula is C19H21NO3. The molecule has 4 heteroatoms. The van der Waals surface area contributed by atoms with Gasteiger partial charge in [0.05, 0.1) is 0 Å². The summed E-state index contributed by atoms with van der Waals surface area (Å²) in [6.45, 7) is 1.81. The molecule has 4 nitrogen and oxygen atoms in total. The number of anilines is 1. The van der Waals surface area contributed by atoms with Gasteiger partial charge in [0.2, 0.25) is 0 Å². The third-order valence-electron chi connectivity index (χ3n) is 3.18. The van der Waals surface area contributed by atoms with Crippen molar-refractivity contribution < 1.29 is 14.6 Å². The van der Waals surface area contributed by atoms with E-state index in [1.54, 1.807) is 12.1 Å². The van der Waals surface area contributed by atoms with Gasteiger partial charge in [-0.15, -0.1) is 0 Å². The number of carbonyl (C=O) groups is 1. The fourth-order valence-electron chi connectivity index (χ4n) is 2.15. The second-order valence-corrected chi connectivity index (χ2v) is 5.16. The Labute approximate surface area is 136 Å². The topological polar surface area (TPSA) is 58.6 Å². The average molecular weight is 311 g/mol. The molecule has 0 aromatic heterocycles. The molecule has 0 bridgehead atoms. The third kappa shape index (κ3) is 5.87. The van der Waals surface area contributed by atoms with Crippen LogP contribution in [0.15, 0.2) is 60.3 Å². The van der Waals surface area contributed by atoms with Gasteiger partial charge in [-0.05, 0) is 42.3 Å². The van der Waals surface area contributed by atoms with E-state index < -0.39 is 5.97 Å². The van der Waals surface area contributed by atoms with Crippen molar-refractivity contribution in [3.8, 4) is 5.75 Å². The van der Waals surface area contributed by atoms with Crippen LogP contribution in [0.25, 0.3) is 6.08 Å². The van der Waals surface area contributed by atoms with Crippen LogP contribution in [0.5, 0.6) is 5.75 Å². The van der Waals surface area contributed by atoms with E-state index in [9.17, 15) is 4.79 Å². The number of carboxylic acids is 1. The SMILES string of the molecule is CCCC(=Cc1ccc(OCC(=O)O)cc1)Nc1ccccc1. The van der Waals surface area contributed by atoms with Crippen molar-refractivity contribution >= 4 is 17.7 Å². The summed E-state index contributed by atoms with van der Waals surface area (Å²) in [5.41, 5.74) is 3.24. The molecule has 0 radical (unpaired) electrons. The Hall–Kier alpha value is -2.75. The van der Waals surface area contributed by atoms with Crippen LogP contribution in [0.4, 0.5) is 5.69 Å². The lowest BCUT2D eigenvalue weighted by Crippen LogP contribution is -2.09. The zero-order valence-corrected chi connectivity index (χ0v) is 13.2. The van der Waals surface area contributed by atoms with E-state index in [1.807, 2.05) is 42.5 Å². The molecule has 0 aliphatic carbocycles. The minimum Gasteiger partial charge on any atom is -0.482 e. The Morgan fingerprint density at radius 2 is 1.83 bits per heavy atom. The number of hydrogen-bond donors (Lipinski definition) is 2. The molecule has 0 aliphatic rings. The highest BCUT2D eigenvalue weighted by Gasteiger charge is 2.01. The summed E-state index contributed by atoms with van der Waals surface area (Å²) in [4.78, 5) is 10.5. The zero-order chi connectivity index (χ0) is 16.5. The third-order valence-corrected chi connectivity index (χ3v) is 3.18. The van der Waals surface area contributed by atoms with Gasteiger partial charge in [0, 0.05) is 11.4 Å². The van der Waals surface area contributed by atoms with Crippen LogP contribution in [0.2, 0.25) is 0 Å². The molecule has 2 rings (SSSR count). The second kappa shape index (κ2) is 8.63. The number of nitrogens with one attached hydrogen (secondary N) is 1. The average Bonchev–Trinajstić information content (AvgIpc) is 2.55. The van der Waals surface area contributed by atoms with Gasteiger partial charge in [0.1, 0.15) is 5.75 Å². The summed E-state index contributed by atoms with van der Waals surface area (Å²) >= 11 is 0. The van der Waals surface area contributed by atoms with Gasteiger partial charge < -0.3 is 15.2 Å². The largest absolute Gasteiger partial charge is 0.482 e. The molecule has 0 atom stereocenters. The van der Waals surface area contributed by atoms with Crippen LogP contribution in [-0.2, 0) is 4.79 Å². The number of rotatable bonds is 8. The maximum Gasteiger partial charge on any atom is 0.341 e. The first-order chi connectivity index (χ1) is 11.2. The molecule has 0 aliphatic heterocycles. The normalized spacial score (nSPS) is 11.1. The molecule has 0 fully saturated rings. The number of carboxylic acid groups (broad SMARTS) is 1. The van der Waals surface area contributed by atoms with Crippen molar-refractivity contribution in [2.45, 2.75) is 19.8 Å². The summed E-state index contributed by atoms with van der Waals surface area (Å²) in [5, 5.41) is 12.0. The monoisotopic (exact) mass is 311 g/mol. The summed E-state index contributed by atoms with van der Waals surface area (Å²) in [6.07, 6.45) is 4.09. The van der Waals surface area contributed by atoms with Crippen molar-refractivity contribution in [1.82, 2.24) is 0 Å². The standard InChI is InChI=1S/C19H21NO3/c1-2-6-17(20-16-7-4-3-5-8-16)13-15-9-11-18(12-10-15)23-14-19(21)22/h3-5,7-13,20H,2,6,14H2,1H3,(H,21,22). The second-order valence-electron chi connectivity index (χ2n) is 5.16. The number of ether oxygens (including phenoxy) is 1. The Balaban J connectivity index is 2.07. The van der Waals surface area contributed by atoms with Gasteiger partial charge in [0.15, 0.2) is 6.61 Å². The van der Waals surface area contributed by atoms with E-state index >= 15 is 0 Å². The van der Waals surface area contributed by atoms with E-state index in [0.717, 1.165) is 29.8 Å². The highest BCUT2D eigenvalue weighted by Crippen LogP contribution is 2.18. The lowest BCUT2D eigenvalue weighted by Gasteiger charge is -2.11. The van der Waals surface area contributed by atoms with Gasteiger partial charge >= 0.3 is 5.97 Å². The Morgan fingerprint density at radius 1 is 1.13 bits per heavy atom. The summed E-state index contributed by atoms with van der Waals surface area (Å²) in [5.74, 6) is -0.427. The van der Waals surface area contributed by atoms with Crippen molar-refractivity contribution in [2.24, 2.45) is 0 Å². The fraction of sp³-hybridized carbons (Fsp3) is 0.211. The predicted molar refractivity (Wildman–Crippen MR) is 92.5 cm³/mol. The van der Waals surface area contributed by atoms with E-state index in [1.165, 1.54) is 0 Å². The van der Waals surface area contributed by atoms with Gasteiger partial charge in [-0.25, -0.2) is 4.79 Å². The van der Waals surface area contributed by atoms with E-state index in [0.29, 0.717) is 5.75 Å². The highest BCUT2D eigenvalue weighted by molar-refractivity contribution is 5.68. The number of para-hydroxylation sites is 1. The molecule has 0 amide bonds. The minimum absolute atomic E-state index is 0.328. The predicted octanol–water partition coefficient (Wildman–Crippen LogP) is 4.40.